The third kappa shape index (κ3) is 3.01. The van der Waals surface area contributed by atoms with Gasteiger partial charge in [0.2, 0.25) is 0 Å². The molecule has 2 aromatic carbocycles. The van der Waals surface area contributed by atoms with Crippen molar-refractivity contribution in [2.24, 2.45) is 0 Å². The number of phenolic OH excluding ortho intramolecular Hbond substituents is 1. The van der Waals surface area contributed by atoms with Gasteiger partial charge in [-0.25, -0.2) is 9.78 Å². The summed E-state index contributed by atoms with van der Waals surface area (Å²) < 4.78 is 0. The number of carbonyl (C=O) groups is 1. The van der Waals surface area contributed by atoms with Crippen LogP contribution in [0.1, 0.15) is 22.8 Å². The minimum absolute atomic E-state index is 0.131. The second-order valence-electron chi connectivity index (χ2n) is 6.25. The van der Waals surface area contributed by atoms with E-state index in [-0.39, 0.29) is 11.3 Å². The van der Waals surface area contributed by atoms with Crippen LogP contribution >= 0.6 is 0 Å². The molecular formula is C21H17N3O3. The van der Waals surface area contributed by atoms with Gasteiger partial charge in [-0.15, -0.1) is 0 Å². The second kappa shape index (κ2) is 6.57. The van der Waals surface area contributed by atoms with E-state index in [9.17, 15) is 15.0 Å². The first-order valence-corrected chi connectivity index (χ1v) is 8.58. The molecule has 0 amide bonds. The molecule has 0 bridgehead atoms. The van der Waals surface area contributed by atoms with E-state index in [4.69, 9.17) is 0 Å². The summed E-state index contributed by atoms with van der Waals surface area (Å²) in [6.07, 6.45) is 0.932. The van der Waals surface area contributed by atoms with Gasteiger partial charge >= 0.3 is 5.97 Å². The normalized spacial score (nSPS) is 11.0. The highest BCUT2D eigenvalue weighted by atomic mass is 16.4. The molecule has 3 N–H and O–H groups in total. The Morgan fingerprint density at radius 1 is 1.04 bits per heavy atom. The van der Waals surface area contributed by atoms with Crippen LogP contribution in [-0.4, -0.2) is 31.4 Å². The Kier molecular flexibility index (Phi) is 4.08. The number of phenols is 1. The molecule has 0 saturated carbocycles. The molecule has 0 aliphatic carbocycles. The van der Waals surface area contributed by atoms with Crippen LogP contribution < -0.4 is 0 Å². The third-order valence-electron chi connectivity index (χ3n) is 4.57. The number of aromatic hydroxyl groups is 1. The number of hydrogen-bond donors (Lipinski definition) is 3. The van der Waals surface area contributed by atoms with Gasteiger partial charge in [0.05, 0.1) is 22.3 Å². The van der Waals surface area contributed by atoms with Gasteiger partial charge in [-0.05, 0) is 42.3 Å². The van der Waals surface area contributed by atoms with Crippen molar-refractivity contribution in [3.63, 3.8) is 0 Å². The predicted molar refractivity (Wildman–Crippen MR) is 103 cm³/mol. The zero-order chi connectivity index (χ0) is 19.0. The lowest BCUT2D eigenvalue weighted by Crippen LogP contribution is -2.00. The summed E-state index contributed by atoms with van der Waals surface area (Å²) in [4.78, 5) is 16.4. The first kappa shape index (κ1) is 16.8. The fourth-order valence-corrected chi connectivity index (χ4v) is 3.09. The van der Waals surface area contributed by atoms with Crippen molar-refractivity contribution >= 4 is 17.0 Å². The van der Waals surface area contributed by atoms with Crippen molar-refractivity contribution in [2.75, 3.05) is 0 Å². The molecule has 0 radical (unpaired) electrons. The van der Waals surface area contributed by atoms with E-state index in [1.807, 2.05) is 24.3 Å². The summed E-state index contributed by atoms with van der Waals surface area (Å²) in [6.45, 7) is 2.08. The average molecular weight is 359 g/mol. The molecule has 4 rings (SSSR count). The van der Waals surface area contributed by atoms with Crippen molar-refractivity contribution < 1.29 is 15.0 Å². The number of hydrogen-bond acceptors (Lipinski definition) is 4. The Hall–Kier alpha value is -3.67. The molecule has 0 saturated heterocycles. The van der Waals surface area contributed by atoms with E-state index in [1.165, 1.54) is 23.8 Å². The molecule has 2 aromatic heterocycles. The molecule has 0 aliphatic heterocycles. The van der Waals surface area contributed by atoms with E-state index in [0.717, 1.165) is 12.0 Å². The Labute approximate surface area is 155 Å². The van der Waals surface area contributed by atoms with E-state index in [0.29, 0.717) is 28.0 Å². The lowest BCUT2D eigenvalue weighted by atomic mass is 10.0. The molecule has 0 unspecified atom stereocenters. The van der Waals surface area contributed by atoms with Crippen molar-refractivity contribution in [1.82, 2.24) is 15.2 Å². The highest BCUT2D eigenvalue weighted by Crippen LogP contribution is 2.32. The second-order valence-corrected chi connectivity index (χ2v) is 6.25. The molecule has 6 nitrogen and oxygen atoms in total. The summed E-state index contributed by atoms with van der Waals surface area (Å²) in [6, 6.07) is 15.9. The van der Waals surface area contributed by atoms with Crippen LogP contribution in [0.2, 0.25) is 0 Å². The number of H-pyrrole nitrogens is 1. The van der Waals surface area contributed by atoms with Crippen LogP contribution in [0.4, 0.5) is 0 Å². The largest absolute Gasteiger partial charge is 0.508 e. The summed E-state index contributed by atoms with van der Waals surface area (Å²) >= 11 is 0. The van der Waals surface area contributed by atoms with Crippen LogP contribution in [-0.2, 0) is 6.42 Å². The van der Waals surface area contributed by atoms with Gasteiger partial charge in [0, 0.05) is 11.1 Å². The number of fused-ring (bicyclic) bond motifs is 1. The standard InChI is InChI=1S/C21H17N3O3/c1-2-12-3-5-14(6-4-12)19-18-16(21(26)27)11-17(22-20(18)24-23-19)13-7-9-15(25)10-8-13/h3-11,25H,2H2,1H3,(H,26,27)(H,22,23,24). The number of benzene rings is 2. The monoisotopic (exact) mass is 359 g/mol. The maximum Gasteiger partial charge on any atom is 0.336 e. The molecule has 0 spiro atoms. The van der Waals surface area contributed by atoms with E-state index in [2.05, 4.69) is 22.1 Å². The molecule has 27 heavy (non-hydrogen) atoms. The van der Waals surface area contributed by atoms with Gasteiger partial charge in [0.15, 0.2) is 5.65 Å². The number of aromatic carboxylic acids is 1. The predicted octanol–water partition coefficient (Wildman–Crippen LogP) is 4.26. The van der Waals surface area contributed by atoms with Crippen molar-refractivity contribution in [2.45, 2.75) is 13.3 Å². The quantitative estimate of drug-likeness (QED) is 0.506. The maximum absolute atomic E-state index is 11.9. The average Bonchev–Trinajstić information content (AvgIpc) is 3.11. The van der Waals surface area contributed by atoms with E-state index >= 15 is 0 Å². The highest BCUT2D eigenvalue weighted by Gasteiger charge is 2.19. The Morgan fingerprint density at radius 3 is 2.33 bits per heavy atom. The number of aromatic nitrogens is 3. The number of pyridine rings is 1. The molecule has 6 heteroatoms. The van der Waals surface area contributed by atoms with Gasteiger partial charge in [0.25, 0.3) is 0 Å². The number of rotatable bonds is 4. The minimum atomic E-state index is -1.05. The summed E-state index contributed by atoms with van der Waals surface area (Å²) in [5.74, 6) is -0.911. The zero-order valence-electron chi connectivity index (χ0n) is 14.6. The van der Waals surface area contributed by atoms with E-state index < -0.39 is 5.97 Å². The number of nitrogens with one attached hydrogen (secondary N) is 1. The molecule has 134 valence electrons. The number of aryl methyl sites for hydroxylation is 1. The smallest absolute Gasteiger partial charge is 0.336 e. The van der Waals surface area contributed by atoms with Crippen LogP contribution in [0, 0.1) is 0 Å². The molecular weight excluding hydrogens is 342 g/mol. The van der Waals surface area contributed by atoms with Gasteiger partial charge in [-0.1, -0.05) is 31.2 Å². The van der Waals surface area contributed by atoms with Gasteiger partial charge < -0.3 is 10.2 Å². The van der Waals surface area contributed by atoms with Gasteiger partial charge in [-0.3, -0.25) is 5.10 Å². The SMILES string of the molecule is CCc1ccc(-c2[nH]nc3nc(-c4ccc(O)cc4)cc(C(=O)O)c23)cc1. The lowest BCUT2D eigenvalue weighted by molar-refractivity contribution is 0.0699. The zero-order valence-corrected chi connectivity index (χ0v) is 14.6. The topological polar surface area (TPSA) is 99.1 Å². The number of carboxylic acid groups (broad SMARTS) is 1. The van der Waals surface area contributed by atoms with Crippen LogP contribution in [0.15, 0.2) is 54.6 Å². The van der Waals surface area contributed by atoms with Crippen LogP contribution in [0.25, 0.3) is 33.5 Å². The molecule has 0 atom stereocenters. The first-order valence-electron chi connectivity index (χ1n) is 8.58. The number of nitrogens with zero attached hydrogens (tertiary/aromatic N) is 2. The highest BCUT2D eigenvalue weighted by molar-refractivity contribution is 6.08. The van der Waals surface area contributed by atoms with Crippen molar-refractivity contribution in [3.8, 4) is 28.3 Å². The van der Waals surface area contributed by atoms with Crippen molar-refractivity contribution in [3.05, 3.63) is 65.7 Å². The first-order chi connectivity index (χ1) is 13.1. The fourth-order valence-electron chi connectivity index (χ4n) is 3.09. The molecule has 2 heterocycles. The van der Waals surface area contributed by atoms with Gasteiger partial charge in [0.1, 0.15) is 5.75 Å². The molecule has 0 aliphatic rings. The van der Waals surface area contributed by atoms with E-state index in [1.54, 1.807) is 12.1 Å². The van der Waals surface area contributed by atoms with Crippen molar-refractivity contribution in [1.29, 1.82) is 0 Å². The molecule has 0 fully saturated rings. The van der Waals surface area contributed by atoms with Crippen LogP contribution in [0.3, 0.4) is 0 Å². The Balaban J connectivity index is 1.91. The number of carboxylic acids is 1. The Bertz CT molecular complexity index is 1130. The Morgan fingerprint density at radius 2 is 1.70 bits per heavy atom. The maximum atomic E-state index is 11.9. The lowest BCUT2D eigenvalue weighted by Gasteiger charge is -2.06. The van der Waals surface area contributed by atoms with Crippen LogP contribution in [0.5, 0.6) is 5.75 Å². The molecule has 4 aromatic rings. The minimum Gasteiger partial charge on any atom is -0.508 e. The summed E-state index contributed by atoms with van der Waals surface area (Å²) in [5.41, 5.74) is 4.35. The third-order valence-corrected chi connectivity index (χ3v) is 4.57. The fraction of sp³-hybridized carbons (Fsp3) is 0.0952. The summed E-state index contributed by atoms with van der Waals surface area (Å²) in [5, 5.41) is 26.9. The summed E-state index contributed by atoms with van der Waals surface area (Å²) in [7, 11) is 0. The number of aromatic amines is 1. The van der Waals surface area contributed by atoms with Gasteiger partial charge in [-0.2, -0.15) is 5.10 Å².